The minimum Gasteiger partial charge on any atom is -0.298 e. The van der Waals surface area contributed by atoms with E-state index in [-0.39, 0.29) is 42.5 Å². The fourth-order valence-corrected chi connectivity index (χ4v) is 5.91. The van der Waals surface area contributed by atoms with Crippen molar-refractivity contribution in [1.29, 1.82) is 0 Å². The van der Waals surface area contributed by atoms with Crippen LogP contribution in [0.5, 0.6) is 0 Å². The summed E-state index contributed by atoms with van der Waals surface area (Å²) in [6, 6.07) is 25.9. The summed E-state index contributed by atoms with van der Waals surface area (Å²) in [5.74, 6) is -1.86. The van der Waals surface area contributed by atoms with E-state index in [1.54, 1.807) is 42.1 Å². The number of hydrogen-bond donors (Lipinski definition) is 2. The number of amides is 1. The number of hydroxylamine groups is 1. The van der Waals surface area contributed by atoms with Crippen molar-refractivity contribution in [1.82, 2.24) is 15.4 Å². The molecule has 46 heavy (non-hydrogen) atoms. The maximum atomic E-state index is 14.0. The predicted molar refractivity (Wildman–Crippen MR) is 177 cm³/mol. The summed E-state index contributed by atoms with van der Waals surface area (Å²) < 4.78 is 0. The van der Waals surface area contributed by atoms with Gasteiger partial charge in [0.05, 0.1) is 11.0 Å². The molecule has 3 aromatic carbocycles. The van der Waals surface area contributed by atoms with Crippen LogP contribution in [-0.2, 0) is 27.2 Å². The van der Waals surface area contributed by atoms with Gasteiger partial charge in [-0.2, -0.15) is 0 Å². The molecule has 0 bridgehead atoms. The molecular weight excluding hydrogens is 578 g/mol. The third-order valence-corrected chi connectivity index (χ3v) is 8.30. The Morgan fingerprint density at radius 1 is 0.609 bits per heavy atom. The molecule has 5 rings (SSSR count). The lowest BCUT2D eigenvalue weighted by molar-refractivity contribution is -0.130. The van der Waals surface area contributed by atoms with E-state index >= 15 is 0 Å². The highest BCUT2D eigenvalue weighted by Crippen LogP contribution is 2.27. The number of carbonyl (C=O) groups excluding carboxylic acids is 4. The van der Waals surface area contributed by atoms with Crippen molar-refractivity contribution in [3.05, 3.63) is 120 Å². The average molecular weight is 616 g/mol. The van der Waals surface area contributed by atoms with Gasteiger partial charge < -0.3 is 0 Å². The van der Waals surface area contributed by atoms with E-state index in [1.807, 2.05) is 60.7 Å². The number of ketones is 3. The molecule has 0 spiro atoms. The first kappa shape index (κ1) is 32.3. The molecule has 0 atom stereocenters. The van der Waals surface area contributed by atoms with Crippen LogP contribution in [0.1, 0.15) is 77.9 Å². The van der Waals surface area contributed by atoms with Crippen molar-refractivity contribution >= 4 is 45.1 Å². The topological polar surface area (TPSA) is 126 Å². The highest BCUT2D eigenvalue weighted by Gasteiger charge is 2.29. The van der Waals surface area contributed by atoms with Crippen LogP contribution in [0.25, 0.3) is 21.8 Å². The first-order chi connectivity index (χ1) is 22.4. The van der Waals surface area contributed by atoms with Crippen LogP contribution in [0.15, 0.2) is 97.3 Å². The van der Waals surface area contributed by atoms with Gasteiger partial charge in [0.1, 0.15) is 5.92 Å². The van der Waals surface area contributed by atoms with E-state index in [0.717, 1.165) is 58.6 Å². The molecular formula is C38H37N3O5. The zero-order valence-electron chi connectivity index (χ0n) is 25.7. The fraction of sp³-hybridized carbons (Fsp3) is 0.263. The Bertz CT molecular complexity index is 1750. The Morgan fingerprint density at radius 2 is 1.11 bits per heavy atom. The molecule has 5 aromatic rings. The fourth-order valence-electron chi connectivity index (χ4n) is 5.91. The van der Waals surface area contributed by atoms with Crippen molar-refractivity contribution in [2.75, 3.05) is 0 Å². The Hall–Kier alpha value is -5.08. The number of benzene rings is 3. The van der Waals surface area contributed by atoms with Crippen molar-refractivity contribution in [2.24, 2.45) is 0 Å². The van der Waals surface area contributed by atoms with Gasteiger partial charge in [-0.3, -0.25) is 34.4 Å². The molecule has 2 heterocycles. The summed E-state index contributed by atoms with van der Waals surface area (Å²) in [6.45, 7) is 0. The number of rotatable bonds is 16. The average Bonchev–Trinajstić information content (AvgIpc) is 3.08. The number of aromatic nitrogens is 2. The molecule has 0 saturated carbocycles. The monoisotopic (exact) mass is 615 g/mol. The van der Waals surface area contributed by atoms with Gasteiger partial charge in [-0.25, -0.2) is 5.48 Å². The summed E-state index contributed by atoms with van der Waals surface area (Å²) >= 11 is 0. The highest BCUT2D eigenvalue weighted by molar-refractivity contribution is 6.10. The molecule has 0 fully saturated rings. The van der Waals surface area contributed by atoms with Gasteiger partial charge in [0, 0.05) is 54.4 Å². The molecule has 0 saturated heterocycles. The Morgan fingerprint density at radius 3 is 1.65 bits per heavy atom. The number of para-hydroxylation sites is 2. The maximum Gasteiger partial charge on any atom is 0.243 e. The number of nitrogens with one attached hydrogen (secondary N) is 1. The van der Waals surface area contributed by atoms with E-state index in [0.29, 0.717) is 24.0 Å². The van der Waals surface area contributed by atoms with E-state index < -0.39 is 5.92 Å². The van der Waals surface area contributed by atoms with Crippen molar-refractivity contribution < 1.29 is 24.4 Å². The van der Waals surface area contributed by atoms with Crippen LogP contribution < -0.4 is 5.48 Å². The number of pyridine rings is 2. The second-order valence-corrected chi connectivity index (χ2v) is 11.6. The van der Waals surface area contributed by atoms with Gasteiger partial charge in [-0.1, -0.05) is 92.1 Å². The number of nitrogens with zero attached hydrogens (tertiary/aromatic N) is 2. The molecule has 2 aromatic heterocycles. The minimum atomic E-state index is -1.02. The smallest absolute Gasteiger partial charge is 0.243 e. The molecule has 8 heteroatoms. The van der Waals surface area contributed by atoms with Crippen LogP contribution >= 0.6 is 0 Å². The van der Waals surface area contributed by atoms with Gasteiger partial charge in [0.2, 0.25) is 5.91 Å². The quantitative estimate of drug-likeness (QED) is 0.0406. The standard InChI is InChI=1S/C38H37N3O5/c42-32(16-4-2-1-3-5-17-35(45)41-46)26-18-20-27(21-19-26)36(33(43)24-30-12-6-10-28-14-8-22-39-37(28)30)34(44)25-31-13-7-11-29-15-9-23-40-38(29)31/h6-15,18-23,36,46H,1-5,16-17,24-25H2,(H,41,45). The van der Waals surface area contributed by atoms with Gasteiger partial charge in [0.25, 0.3) is 0 Å². The van der Waals surface area contributed by atoms with E-state index in [4.69, 9.17) is 5.21 Å². The van der Waals surface area contributed by atoms with Gasteiger partial charge in [0.15, 0.2) is 17.3 Å². The molecule has 0 aliphatic carbocycles. The van der Waals surface area contributed by atoms with E-state index in [2.05, 4.69) is 9.97 Å². The second-order valence-electron chi connectivity index (χ2n) is 11.6. The lowest BCUT2D eigenvalue weighted by atomic mass is 9.84. The summed E-state index contributed by atoms with van der Waals surface area (Å²) in [4.78, 5) is 61.0. The normalized spacial score (nSPS) is 11.2. The SMILES string of the molecule is O=C(CCCCCCCC(=O)c1ccc(C(C(=O)Cc2cccc3cccnc23)C(=O)Cc2cccc3cccnc23)cc1)NO. The number of Topliss-reactive ketones (excluding diaryl/α,β-unsaturated/α-hetero) is 3. The summed E-state index contributed by atoms with van der Waals surface area (Å²) in [5, 5.41) is 10.4. The van der Waals surface area contributed by atoms with Crippen LogP contribution in [0.4, 0.5) is 0 Å². The first-order valence-electron chi connectivity index (χ1n) is 15.7. The van der Waals surface area contributed by atoms with Gasteiger partial charge in [-0.15, -0.1) is 0 Å². The first-order valence-corrected chi connectivity index (χ1v) is 15.7. The Kier molecular flexibility index (Phi) is 11.1. The zero-order chi connectivity index (χ0) is 32.3. The lowest BCUT2D eigenvalue weighted by Gasteiger charge is -2.17. The molecule has 2 N–H and O–H groups in total. The van der Waals surface area contributed by atoms with Crippen molar-refractivity contribution in [3.8, 4) is 0 Å². The number of fused-ring (bicyclic) bond motifs is 2. The molecule has 0 aliphatic rings. The summed E-state index contributed by atoms with van der Waals surface area (Å²) in [5.41, 5.74) is 5.72. The van der Waals surface area contributed by atoms with Gasteiger partial charge in [-0.05, 0) is 41.7 Å². The highest BCUT2D eigenvalue weighted by atomic mass is 16.5. The summed E-state index contributed by atoms with van der Waals surface area (Å²) in [7, 11) is 0. The Balaban J connectivity index is 1.31. The lowest BCUT2D eigenvalue weighted by Crippen LogP contribution is -2.25. The molecule has 0 radical (unpaired) electrons. The molecule has 0 aliphatic heterocycles. The Labute approximate surface area is 267 Å². The zero-order valence-corrected chi connectivity index (χ0v) is 25.7. The largest absolute Gasteiger partial charge is 0.298 e. The molecule has 0 unspecified atom stereocenters. The van der Waals surface area contributed by atoms with E-state index in [1.165, 1.54) is 0 Å². The molecule has 234 valence electrons. The number of hydrogen-bond acceptors (Lipinski definition) is 7. The number of carbonyl (C=O) groups is 4. The maximum absolute atomic E-state index is 14.0. The van der Waals surface area contributed by atoms with Crippen LogP contribution in [0.2, 0.25) is 0 Å². The third kappa shape index (κ3) is 8.14. The van der Waals surface area contributed by atoms with E-state index in [9.17, 15) is 19.2 Å². The van der Waals surface area contributed by atoms with Crippen LogP contribution in [0.3, 0.4) is 0 Å². The predicted octanol–water partition coefficient (Wildman–Crippen LogP) is 6.91. The van der Waals surface area contributed by atoms with Crippen molar-refractivity contribution in [2.45, 2.75) is 63.7 Å². The molecule has 8 nitrogen and oxygen atoms in total. The second kappa shape index (κ2) is 15.8. The van der Waals surface area contributed by atoms with Crippen LogP contribution in [0, 0.1) is 0 Å². The number of unbranched alkanes of at least 4 members (excludes halogenated alkanes) is 4. The summed E-state index contributed by atoms with van der Waals surface area (Å²) in [6.07, 6.45) is 8.18. The van der Waals surface area contributed by atoms with Crippen LogP contribution in [-0.4, -0.2) is 38.4 Å². The van der Waals surface area contributed by atoms with Gasteiger partial charge >= 0.3 is 0 Å². The third-order valence-electron chi connectivity index (χ3n) is 8.30. The minimum absolute atomic E-state index is 0.00377. The van der Waals surface area contributed by atoms with Crippen molar-refractivity contribution in [3.63, 3.8) is 0 Å². The molecule has 1 amide bonds.